The van der Waals surface area contributed by atoms with E-state index in [1.165, 1.54) is 24.3 Å². The maximum Gasteiger partial charge on any atom is 0.317 e. The van der Waals surface area contributed by atoms with E-state index in [2.05, 4.69) is 10.2 Å². The van der Waals surface area contributed by atoms with Crippen molar-refractivity contribution in [2.75, 3.05) is 39.3 Å². The molecule has 0 aromatic heterocycles. The Bertz CT molecular complexity index is 991. The predicted molar refractivity (Wildman–Crippen MR) is 117 cm³/mol. The molecular formula is C25H29F2N3O2. The Morgan fingerprint density at radius 2 is 1.72 bits per heavy atom. The van der Waals surface area contributed by atoms with E-state index in [1.54, 1.807) is 18.2 Å². The molecule has 170 valence electrons. The maximum absolute atomic E-state index is 14.2. The number of likely N-dealkylation sites (tertiary alicyclic amines) is 1. The van der Waals surface area contributed by atoms with Gasteiger partial charge in [0.15, 0.2) is 0 Å². The Hall–Kier alpha value is -2.51. The highest BCUT2D eigenvalue weighted by molar-refractivity contribution is 5.76. The molecule has 2 aliphatic heterocycles. The first-order valence-electron chi connectivity index (χ1n) is 11.5. The molecule has 7 heteroatoms. The number of rotatable bonds is 5. The quantitative estimate of drug-likeness (QED) is 0.748. The van der Waals surface area contributed by atoms with Crippen molar-refractivity contribution in [2.24, 2.45) is 5.92 Å². The normalized spacial score (nSPS) is 26.4. The standard InChI is InChI=1S/C25H29F2N3O2/c26-19-3-1-17(2-4-19)22-16-25(32,23-15-20(27)5-6-21(22)23)18-7-10-29(11-8-18)13-14-30-12-9-28-24(30)31/h1-6,15,18,22,32H,7-14,16H2,(H,28,31). The molecule has 5 rings (SSSR count). The highest BCUT2D eigenvalue weighted by Crippen LogP contribution is 2.53. The first kappa shape index (κ1) is 21.3. The summed E-state index contributed by atoms with van der Waals surface area (Å²) < 4.78 is 27.6. The average Bonchev–Trinajstić information content (AvgIpc) is 3.34. The lowest BCUT2D eigenvalue weighted by molar-refractivity contribution is -0.0494. The third-order valence-corrected chi connectivity index (χ3v) is 7.54. The summed E-state index contributed by atoms with van der Waals surface area (Å²) in [6.07, 6.45) is 2.11. The molecule has 2 unspecified atom stereocenters. The van der Waals surface area contributed by atoms with E-state index in [0.717, 1.165) is 50.1 Å². The Kier molecular flexibility index (Phi) is 5.63. The molecule has 2 aromatic carbocycles. The molecule has 2 saturated heterocycles. The van der Waals surface area contributed by atoms with Crippen LogP contribution in [0.5, 0.6) is 0 Å². The van der Waals surface area contributed by atoms with E-state index in [1.807, 2.05) is 4.90 Å². The van der Waals surface area contributed by atoms with Crippen molar-refractivity contribution < 1.29 is 18.7 Å². The third-order valence-electron chi connectivity index (χ3n) is 7.54. The summed E-state index contributed by atoms with van der Waals surface area (Å²) in [5.41, 5.74) is 1.45. The fourth-order valence-electron chi connectivity index (χ4n) is 5.74. The zero-order valence-electron chi connectivity index (χ0n) is 18.1. The summed E-state index contributed by atoms with van der Waals surface area (Å²) in [6, 6.07) is 11.1. The topological polar surface area (TPSA) is 55.8 Å². The van der Waals surface area contributed by atoms with Gasteiger partial charge in [-0.25, -0.2) is 13.6 Å². The fraction of sp³-hybridized carbons (Fsp3) is 0.480. The molecule has 2 N–H and O–H groups in total. The molecular weight excluding hydrogens is 412 g/mol. The number of halogens is 2. The van der Waals surface area contributed by atoms with Gasteiger partial charge in [-0.1, -0.05) is 18.2 Å². The van der Waals surface area contributed by atoms with Crippen LogP contribution in [-0.2, 0) is 5.60 Å². The Morgan fingerprint density at radius 1 is 1.00 bits per heavy atom. The molecule has 2 amide bonds. The summed E-state index contributed by atoms with van der Waals surface area (Å²) in [5.74, 6) is -0.689. The number of hydrogen-bond acceptors (Lipinski definition) is 3. The Balaban J connectivity index is 1.30. The largest absolute Gasteiger partial charge is 0.385 e. The minimum absolute atomic E-state index is 0.00520. The minimum Gasteiger partial charge on any atom is -0.385 e. The van der Waals surface area contributed by atoms with Crippen LogP contribution in [0.25, 0.3) is 0 Å². The van der Waals surface area contributed by atoms with E-state index in [9.17, 15) is 18.7 Å². The molecule has 2 fully saturated rings. The van der Waals surface area contributed by atoms with Gasteiger partial charge in [-0.3, -0.25) is 0 Å². The molecule has 2 heterocycles. The lowest BCUT2D eigenvalue weighted by atomic mass is 9.76. The van der Waals surface area contributed by atoms with Crippen molar-refractivity contribution >= 4 is 6.03 Å². The van der Waals surface area contributed by atoms with Gasteiger partial charge in [0.1, 0.15) is 11.6 Å². The van der Waals surface area contributed by atoms with Crippen LogP contribution < -0.4 is 5.32 Å². The predicted octanol–water partition coefficient (Wildman–Crippen LogP) is 3.43. The van der Waals surface area contributed by atoms with Gasteiger partial charge in [0.05, 0.1) is 5.60 Å². The van der Waals surface area contributed by atoms with Gasteiger partial charge in [0.2, 0.25) is 0 Å². The zero-order valence-corrected chi connectivity index (χ0v) is 18.1. The van der Waals surface area contributed by atoms with E-state index in [-0.39, 0.29) is 29.5 Å². The van der Waals surface area contributed by atoms with Crippen molar-refractivity contribution in [1.29, 1.82) is 0 Å². The van der Waals surface area contributed by atoms with Crippen LogP contribution in [0.3, 0.4) is 0 Å². The van der Waals surface area contributed by atoms with Gasteiger partial charge in [0.25, 0.3) is 0 Å². The van der Waals surface area contributed by atoms with E-state index >= 15 is 0 Å². The number of nitrogens with one attached hydrogen (secondary N) is 1. The molecule has 1 aliphatic carbocycles. The number of piperidine rings is 1. The summed E-state index contributed by atoms with van der Waals surface area (Å²) in [7, 11) is 0. The van der Waals surface area contributed by atoms with Crippen LogP contribution in [0.4, 0.5) is 13.6 Å². The number of hydrogen-bond donors (Lipinski definition) is 2. The summed E-state index contributed by atoms with van der Waals surface area (Å²) in [5, 5.41) is 14.7. The monoisotopic (exact) mass is 441 g/mol. The van der Waals surface area contributed by atoms with Crippen molar-refractivity contribution in [3.63, 3.8) is 0 Å². The van der Waals surface area contributed by atoms with E-state index in [4.69, 9.17) is 0 Å². The summed E-state index contributed by atoms with van der Waals surface area (Å²) >= 11 is 0. The highest BCUT2D eigenvalue weighted by atomic mass is 19.1. The molecule has 5 nitrogen and oxygen atoms in total. The SMILES string of the molecule is O=C1NCCN1CCN1CCC(C2(O)CC(c3ccc(F)cc3)c3ccc(F)cc32)CC1. The molecule has 32 heavy (non-hydrogen) atoms. The second kappa shape index (κ2) is 8.45. The van der Waals surface area contributed by atoms with Crippen LogP contribution in [0.2, 0.25) is 0 Å². The van der Waals surface area contributed by atoms with Crippen molar-refractivity contribution in [3.05, 3.63) is 70.8 Å². The Morgan fingerprint density at radius 3 is 2.41 bits per heavy atom. The lowest BCUT2D eigenvalue weighted by Gasteiger charge is -2.40. The third kappa shape index (κ3) is 3.88. The van der Waals surface area contributed by atoms with Crippen LogP contribution in [-0.4, -0.2) is 60.2 Å². The zero-order chi connectivity index (χ0) is 22.3. The van der Waals surface area contributed by atoms with Gasteiger partial charge in [0, 0.05) is 32.1 Å². The first-order valence-corrected chi connectivity index (χ1v) is 11.5. The minimum atomic E-state index is -1.10. The molecule has 2 atom stereocenters. The van der Waals surface area contributed by atoms with Gasteiger partial charge in [-0.15, -0.1) is 0 Å². The van der Waals surface area contributed by atoms with Crippen LogP contribution in [0, 0.1) is 17.6 Å². The fourth-order valence-corrected chi connectivity index (χ4v) is 5.74. The average molecular weight is 442 g/mol. The highest BCUT2D eigenvalue weighted by Gasteiger charge is 2.48. The number of benzene rings is 2. The van der Waals surface area contributed by atoms with Gasteiger partial charge in [-0.05, 0) is 79.2 Å². The maximum atomic E-state index is 14.2. The Labute approximate surface area is 187 Å². The molecule has 0 spiro atoms. The first-order chi connectivity index (χ1) is 15.4. The molecule has 3 aliphatic rings. The van der Waals surface area contributed by atoms with Gasteiger partial charge >= 0.3 is 6.03 Å². The molecule has 0 radical (unpaired) electrons. The number of carbonyl (C=O) groups excluding carboxylic acids is 1. The number of nitrogens with zero attached hydrogens (tertiary/aromatic N) is 2. The van der Waals surface area contributed by atoms with Gasteiger partial charge in [-0.2, -0.15) is 0 Å². The van der Waals surface area contributed by atoms with Crippen molar-refractivity contribution in [1.82, 2.24) is 15.1 Å². The number of amides is 2. The smallest absolute Gasteiger partial charge is 0.317 e. The second-order valence-corrected chi connectivity index (χ2v) is 9.30. The van der Waals surface area contributed by atoms with Crippen molar-refractivity contribution in [3.8, 4) is 0 Å². The number of carbonyl (C=O) groups is 1. The van der Waals surface area contributed by atoms with Crippen molar-refractivity contribution in [2.45, 2.75) is 30.8 Å². The van der Waals surface area contributed by atoms with Crippen LogP contribution in [0.15, 0.2) is 42.5 Å². The number of fused-ring (bicyclic) bond motifs is 1. The summed E-state index contributed by atoms with van der Waals surface area (Å²) in [6.45, 7) is 4.67. The molecule has 0 saturated carbocycles. The van der Waals surface area contributed by atoms with Crippen LogP contribution in [0.1, 0.15) is 41.9 Å². The summed E-state index contributed by atoms with van der Waals surface area (Å²) in [4.78, 5) is 15.9. The number of urea groups is 1. The second-order valence-electron chi connectivity index (χ2n) is 9.30. The van der Waals surface area contributed by atoms with Gasteiger partial charge < -0.3 is 20.2 Å². The van der Waals surface area contributed by atoms with E-state index < -0.39 is 5.60 Å². The lowest BCUT2D eigenvalue weighted by Crippen LogP contribution is -2.45. The van der Waals surface area contributed by atoms with Crippen LogP contribution >= 0.6 is 0 Å². The number of aliphatic hydroxyl groups is 1. The molecule has 2 aromatic rings. The molecule has 0 bridgehead atoms. The van der Waals surface area contributed by atoms with E-state index in [0.29, 0.717) is 25.1 Å².